The van der Waals surface area contributed by atoms with Gasteiger partial charge in [0.2, 0.25) is 0 Å². The number of hydrogen-bond acceptors (Lipinski definition) is 7. The normalized spacial score (nSPS) is 15.8. The second-order valence-corrected chi connectivity index (χ2v) is 8.44. The first-order valence-corrected chi connectivity index (χ1v) is 11.6. The summed E-state index contributed by atoms with van der Waals surface area (Å²) in [5, 5.41) is 10.8. The number of carboxylic acid groups (broad SMARTS) is 1. The molecule has 0 radical (unpaired) electrons. The standard InChI is InChI=1S/C25H27N5O4/c31-22(32)8-1-2-12-33-19-10-9-17-5-3-7-21(20(17)13-19)34-14-18-6-4-11-30(18)25-23-24(27-15-26-23)28-16-29-25/h3,5,7,9-10,13,15-16,18H,1-2,4,6,8,11-12,14H2,(H,31,32)(H,26,27,28,29)/t18-/m1/s1. The molecule has 0 unspecified atom stereocenters. The Morgan fingerprint density at radius 1 is 1.15 bits per heavy atom. The molecule has 0 spiro atoms. The average molecular weight is 462 g/mol. The summed E-state index contributed by atoms with van der Waals surface area (Å²) in [5.41, 5.74) is 1.52. The van der Waals surface area contributed by atoms with E-state index in [1.165, 1.54) is 0 Å². The molecule has 34 heavy (non-hydrogen) atoms. The van der Waals surface area contributed by atoms with Gasteiger partial charge in [-0.25, -0.2) is 15.0 Å². The van der Waals surface area contributed by atoms with Crippen LogP contribution in [0.3, 0.4) is 0 Å². The van der Waals surface area contributed by atoms with E-state index in [4.69, 9.17) is 14.6 Å². The van der Waals surface area contributed by atoms with Gasteiger partial charge < -0.3 is 24.5 Å². The molecule has 2 aromatic heterocycles. The van der Waals surface area contributed by atoms with Crippen molar-refractivity contribution in [3.63, 3.8) is 0 Å². The number of imidazole rings is 1. The molecule has 1 saturated heterocycles. The fourth-order valence-electron chi connectivity index (χ4n) is 4.45. The monoisotopic (exact) mass is 461 g/mol. The molecule has 1 fully saturated rings. The highest BCUT2D eigenvalue weighted by Crippen LogP contribution is 2.32. The van der Waals surface area contributed by atoms with Crippen molar-refractivity contribution in [1.82, 2.24) is 19.9 Å². The van der Waals surface area contributed by atoms with Crippen LogP contribution in [0.1, 0.15) is 32.1 Å². The van der Waals surface area contributed by atoms with Gasteiger partial charge in [0, 0.05) is 18.4 Å². The number of fused-ring (bicyclic) bond motifs is 2. The summed E-state index contributed by atoms with van der Waals surface area (Å²) < 4.78 is 12.2. The number of nitrogens with one attached hydrogen (secondary N) is 1. The first-order valence-electron chi connectivity index (χ1n) is 11.6. The van der Waals surface area contributed by atoms with E-state index in [2.05, 4.69) is 30.9 Å². The number of anilines is 1. The van der Waals surface area contributed by atoms with Crippen molar-refractivity contribution in [2.24, 2.45) is 0 Å². The first-order chi connectivity index (χ1) is 16.7. The van der Waals surface area contributed by atoms with Crippen LogP contribution in [0.5, 0.6) is 11.5 Å². The number of nitrogens with zero attached hydrogens (tertiary/aromatic N) is 4. The molecule has 9 heteroatoms. The van der Waals surface area contributed by atoms with Crippen molar-refractivity contribution in [1.29, 1.82) is 0 Å². The lowest BCUT2D eigenvalue weighted by atomic mass is 10.1. The molecule has 4 aromatic rings. The summed E-state index contributed by atoms with van der Waals surface area (Å²) in [6.07, 6.45) is 6.77. The summed E-state index contributed by atoms with van der Waals surface area (Å²) >= 11 is 0. The maximum absolute atomic E-state index is 10.7. The van der Waals surface area contributed by atoms with Crippen LogP contribution in [0.15, 0.2) is 49.1 Å². The van der Waals surface area contributed by atoms with Crippen molar-refractivity contribution < 1.29 is 19.4 Å². The second kappa shape index (κ2) is 9.94. The molecule has 9 nitrogen and oxygen atoms in total. The largest absolute Gasteiger partial charge is 0.494 e. The number of rotatable bonds is 10. The van der Waals surface area contributed by atoms with E-state index < -0.39 is 5.97 Å². The topological polar surface area (TPSA) is 113 Å². The number of benzene rings is 2. The van der Waals surface area contributed by atoms with Crippen LogP contribution < -0.4 is 14.4 Å². The molecule has 1 aliphatic heterocycles. The van der Waals surface area contributed by atoms with Gasteiger partial charge in [-0.05, 0) is 49.3 Å². The third kappa shape index (κ3) is 4.73. The summed E-state index contributed by atoms with van der Waals surface area (Å²) in [7, 11) is 0. The lowest BCUT2D eigenvalue weighted by Gasteiger charge is -2.26. The van der Waals surface area contributed by atoms with Crippen LogP contribution in [0, 0.1) is 0 Å². The molecule has 5 rings (SSSR count). The third-order valence-electron chi connectivity index (χ3n) is 6.15. The lowest BCUT2D eigenvalue weighted by Crippen LogP contribution is -2.35. The van der Waals surface area contributed by atoms with Crippen LogP contribution in [0.4, 0.5) is 5.82 Å². The van der Waals surface area contributed by atoms with Gasteiger partial charge in [-0.3, -0.25) is 4.79 Å². The minimum absolute atomic E-state index is 0.165. The van der Waals surface area contributed by atoms with Gasteiger partial charge in [0.15, 0.2) is 11.5 Å². The highest BCUT2D eigenvalue weighted by molar-refractivity contribution is 5.89. The number of unbranched alkanes of at least 4 members (excludes halogenated alkanes) is 1. The van der Waals surface area contributed by atoms with E-state index in [1.807, 2.05) is 30.3 Å². The van der Waals surface area contributed by atoms with Gasteiger partial charge >= 0.3 is 5.97 Å². The van der Waals surface area contributed by atoms with Crippen LogP contribution >= 0.6 is 0 Å². The molecular formula is C25H27N5O4. The zero-order valence-electron chi connectivity index (χ0n) is 18.8. The maximum Gasteiger partial charge on any atom is 0.303 e. The van der Waals surface area contributed by atoms with Crippen molar-refractivity contribution in [2.75, 3.05) is 24.7 Å². The van der Waals surface area contributed by atoms with Gasteiger partial charge in [-0.2, -0.15) is 0 Å². The Labute approximate surface area is 196 Å². The highest BCUT2D eigenvalue weighted by atomic mass is 16.5. The molecule has 2 N–H and O–H groups in total. The Hall–Kier alpha value is -3.88. The number of aromatic nitrogens is 4. The molecule has 0 aliphatic carbocycles. The number of H-pyrrole nitrogens is 1. The minimum atomic E-state index is -0.776. The lowest BCUT2D eigenvalue weighted by molar-refractivity contribution is -0.137. The predicted molar refractivity (Wildman–Crippen MR) is 128 cm³/mol. The first kappa shape index (κ1) is 21.9. The highest BCUT2D eigenvalue weighted by Gasteiger charge is 2.28. The third-order valence-corrected chi connectivity index (χ3v) is 6.15. The maximum atomic E-state index is 10.7. The van der Waals surface area contributed by atoms with Crippen LogP contribution in [-0.4, -0.2) is 56.8 Å². The molecular weight excluding hydrogens is 434 g/mol. The van der Waals surface area contributed by atoms with E-state index in [0.717, 1.165) is 53.0 Å². The zero-order valence-corrected chi connectivity index (χ0v) is 18.8. The van der Waals surface area contributed by atoms with E-state index in [1.54, 1.807) is 12.7 Å². The summed E-state index contributed by atoms with van der Waals surface area (Å²) in [5.74, 6) is 1.66. The van der Waals surface area contributed by atoms with Gasteiger partial charge in [0.1, 0.15) is 29.9 Å². The Bertz CT molecular complexity index is 1290. The van der Waals surface area contributed by atoms with Crippen LogP contribution in [-0.2, 0) is 4.79 Å². The fourth-order valence-corrected chi connectivity index (χ4v) is 4.45. The van der Waals surface area contributed by atoms with Gasteiger partial charge in [-0.15, -0.1) is 0 Å². The van der Waals surface area contributed by atoms with Crippen molar-refractivity contribution in [3.05, 3.63) is 49.1 Å². The Morgan fingerprint density at radius 3 is 3.00 bits per heavy atom. The average Bonchev–Trinajstić information content (AvgIpc) is 3.51. The van der Waals surface area contributed by atoms with E-state index in [9.17, 15) is 4.79 Å². The summed E-state index contributed by atoms with van der Waals surface area (Å²) in [4.78, 5) is 29.1. The number of carbonyl (C=O) groups is 1. The number of hydrogen-bond donors (Lipinski definition) is 2. The molecule has 3 heterocycles. The SMILES string of the molecule is O=C(O)CCCCOc1ccc2cccc(OC[C@H]3CCCN3c3ncnc4nc[nH]c34)c2c1. The molecule has 0 bridgehead atoms. The molecule has 0 saturated carbocycles. The molecule has 1 aliphatic rings. The molecule has 1 atom stereocenters. The molecule has 0 amide bonds. The van der Waals surface area contributed by atoms with E-state index in [-0.39, 0.29) is 12.5 Å². The number of ether oxygens (including phenoxy) is 2. The van der Waals surface area contributed by atoms with Crippen LogP contribution in [0.2, 0.25) is 0 Å². The Morgan fingerprint density at radius 2 is 2.09 bits per heavy atom. The number of aliphatic carboxylic acids is 1. The summed E-state index contributed by atoms with van der Waals surface area (Å²) in [6, 6.07) is 12.2. The zero-order chi connectivity index (χ0) is 23.3. The predicted octanol–water partition coefficient (Wildman–Crippen LogP) is 4.19. The summed E-state index contributed by atoms with van der Waals surface area (Å²) in [6.45, 7) is 1.94. The number of aromatic amines is 1. The van der Waals surface area contributed by atoms with Crippen molar-refractivity contribution >= 4 is 33.7 Å². The van der Waals surface area contributed by atoms with Crippen LogP contribution in [0.25, 0.3) is 21.9 Å². The Balaban J connectivity index is 1.27. The smallest absolute Gasteiger partial charge is 0.303 e. The molecule has 176 valence electrons. The van der Waals surface area contributed by atoms with Crippen molar-refractivity contribution in [3.8, 4) is 11.5 Å². The van der Waals surface area contributed by atoms with E-state index in [0.29, 0.717) is 31.7 Å². The number of carboxylic acids is 1. The molecule has 2 aromatic carbocycles. The fraction of sp³-hybridized carbons (Fsp3) is 0.360. The second-order valence-electron chi connectivity index (χ2n) is 8.44. The van der Waals surface area contributed by atoms with Gasteiger partial charge in [0.05, 0.1) is 19.0 Å². The minimum Gasteiger partial charge on any atom is -0.494 e. The quantitative estimate of drug-likeness (QED) is 0.338. The van der Waals surface area contributed by atoms with E-state index >= 15 is 0 Å². The van der Waals surface area contributed by atoms with Gasteiger partial charge in [0.25, 0.3) is 0 Å². The van der Waals surface area contributed by atoms with Crippen molar-refractivity contribution in [2.45, 2.75) is 38.1 Å². The Kier molecular flexibility index (Phi) is 6.42. The van der Waals surface area contributed by atoms with Gasteiger partial charge in [-0.1, -0.05) is 18.2 Å².